The lowest BCUT2D eigenvalue weighted by molar-refractivity contribution is -0.120. The maximum absolute atomic E-state index is 9.96. The summed E-state index contributed by atoms with van der Waals surface area (Å²) in [5.74, 6) is -1.75. The Bertz CT molecular complexity index is 134. The molecule has 0 unspecified atom stereocenters. The van der Waals surface area contributed by atoms with Crippen molar-refractivity contribution in [1.82, 2.24) is 0 Å². The lowest BCUT2D eigenvalue weighted by Crippen LogP contribution is -2.24. The molecule has 0 heterocycles. The van der Waals surface area contributed by atoms with Gasteiger partial charge in [-0.15, -0.1) is 0 Å². The maximum atomic E-state index is 9.96. The average molecular weight is 114 g/mol. The largest absolute Gasteiger partial charge is 0.365 e. The van der Waals surface area contributed by atoms with Crippen molar-refractivity contribution in [2.45, 2.75) is 0 Å². The van der Waals surface area contributed by atoms with E-state index in [1.165, 1.54) is 0 Å². The van der Waals surface area contributed by atoms with Crippen molar-refractivity contribution in [3.63, 3.8) is 0 Å². The second-order valence-corrected chi connectivity index (χ2v) is 1.21. The Labute approximate surface area is 46.1 Å². The highest BCUT2D eigenvalue weighted by atomic mass is 16.2. The van der Waals surface area contributed by atoms with Gasteiger partial charge in [0, 0.05) is 0 Å². The van der Waals surface area contributed by atoms with Crippen LogP contribution in [-0.4, -0.2) is 11.8 Å². The topological polar surface area (TPSA) is 86.2 Å². The smallest absolute Gasteiger partial charge is 0.253 e. The van der Waals surface area contributed by atoms with Crippen LogP contribution in [-0.2, 0) is 9.59 Å². The molecule has 4 nitrogen and oxygen atoms in total. The maximum Gasteiger partial charge on any atom is 0.253 e. The molecule has 0 aliphatic rings. The van der Waals surface area contributed by atoms with E-state index in [0.29, 0.717) is 0 Å². The Kier molecular flexibility index (Phi) is 1.76. The number of carbonyl (C=O) groups excluding carboxylic acids is 2. The first kappa shape index (κ1) is 6.68. The summed E-state index contributed by atoms with van der Waals surface area (Å²) in [5, 5.41) is 0. The van der Waals surface area contributed by atoms with Crippen LogP contribution in [0.4, 0.5) is 0 Å². The summed E-state index contributed by atoms with van der Waals surface area (Å²) in [5.41, 5.74) is 8.82. The lowest BCUT2D eigenvalue weighted by atomic mass is 10.3. The Morgan fingerprint density at radius 1 is 1.12 bits per heavy atom. The first-order chi connectivity index (χ1) is 3.55. The Morgan fingerprint density at radius 2 is 1.38 bits per heavy atom. The predicted octanol–water partition coefficient (Wildman–Crippen LogP) is -1.49. The molecule has 0 bridgehead atoms. The summed E-state index contributed by atoms with van der Waals surface area (Å²) in [7, 11) is 0. The van der Waals surface area contributed by atoms with E-state index < -0.39 is 11.8 Å². The van der Waals surface area contributed by atoms with Crippen molar-refractivity contribution in [2.75, 3.05) is 0 Å². The van der Waals surface area contributed by atoms with Crippen LogP contribution in [0.5, 0.6) is 0 Å². The normalized spacial score (nSPS) is 8.00. The number of hydrogen-bond acceptors (Lipinski definition) is 2. The molecule has 0 aromatic heterocycles. The Balaban J connectivity index is 4.05. The van der Waals surface area contributed by atoms with Crippen molar-refractivity contribution in [1.29, 1.82) is 0 Å². The second kappa shape index (κ2) is 2.11. The van der Waals surface area contributed by atoms with Crippen LogP contribution in [0.1, 0.15) is 0 Å². The van der Waals surface area contributed by atoms with Gasteiger partial charge >= 0.3 is 0 Å². The predicted molar refractivity (Wildman–Crippen MR) is 27.5 cm³/mol. The minimum Gasteiger partial charge on any atom is -0.365 e. The van der Waals surface area contributed by atoms with Crippen LogP contribution in [0.15, 0.2) is 12.2 Å². The van der Waals surface area contributed by atoms with E-state index in [1.807, 2.05) is 0 Å². The highest BCUT2D eigenvalue weighted by Crippen LogP contribution is 1.81. The SMILES string of the molecule is C=C(C(N)=O)C(N)=O. The standard InChI is InChI=1S/C4H6N2O2/c1-2(3(5)7)4(6)8/h1H2,(H2,5,7)(H2,6,8). The van der Waals surface area contributed by atoms with Gasteiger partial charge < -0.3 is 11.5 Å². The van der Waals surface area contributed by atoms with Crippen LogP contribution in [0.3, 0.4) is 0 Å². The van der Waals surface area contributed by atoms with Crippen LogP contribution >= 0.6 is 0 Å². The molecule has 0 rings (SSSR count). The molecule has 0 aromatic rings. The van der Waals surface area contributed by atoms with Gasteiger partial charge in [-0.2, -0.15) is 0 Å². The summed E-state index contributed by atoms with van der Waals surface area (Å²) in [6.07, 6.45) is 0. The fraction of sp³-hybridized carbons (Fsp3) is 0. The molecule has 0 radical (unpaired) electrons. The first-order valence-corrected chi connectivity index (χ1v) is 1.84. The zero-order valence-electron chi connectivity index (χ0n) is 4.18. The lowest BCUT2D eigenvalue weighted by Gasteiger charge is -1.88. The summed E-state index contributed by atoms with van der Waals surface area (Å²) in [6, 6.07) is 0. The van der Waals surface area contributed by atoms with E-state index in [1.54, 1.807) is 0 Å². The average Bonchev–Trinajstić information content (AvgIpc) is 1.64. The molecule has 8 heavy (non-hydrogen) atoms. The van der Waals surface area contributed by atoms with Gasteiger partial charge in [-0.3, -0.25) is 9.59 Å². The number of primary amides is 2. The molecule has 0 aliphatic carbocycles. The zero-order valence-corrected chi connectivity index (χ0v) is 4.18. The zero-order chi connectivity index (χ0) is 6.73. The molecule has 4 heteroatoms. The number of nitrogens with two attached hydrogens (primary N) is 2. The summed E-state index contributed by atoms with van der Waals surface area (Å²) >= 11 is 0. The van der Waals surface area contributed by atoms with Gasteiger partial charge in [0.25, 0.3) is 11.8 Å². The summed E-state index contributed by atoms with van der Waals surface area (Å²) in [6.45, 7) is 3.00. The molecule has 0 aliphatic heterocycles. The van der Waals surface area contributed by atoms with Crippen molar-refractivity contribution in [2.24, 2.45) is 11.5 Å². The highest BCUT2D eigenvalue weighted by molar-refractivity contribution is 6.16. The fourth-order valence-electron chi connectivity index (χ4n) is 0.121. The molecule has 44 valence electrons. The van der Waals surface area contributed by atoms with Crippen molar-refractivity contribution in [3.05, 3.63) is 12.2 Å². The van der Waals surface area contributed by atoms with Gasteiger partial charge in [0.2, 0.25) is 0 Å². The second-order valence-electron chi connectivity index (χ2n) is 1.21. The van der Waals surface area contributed by atoms with Gasteiger partial charge in [0.15, 0.2) is 0 Å². The molecule has 2 amide bonds. The minimum atomic E-state index is -0.877. The van der Waals surface area contributed by atoms with Crippen LogP contribution in [0.2, 0.25) is 0 Å². The molecule has 0 atom stereocenters. The molecule has 4 N–H and O–H groups in total. The van der Waals surface area contributed by atoms with Crippen molar-refractivity contribution < 1.29 is 9.59 Å². The first-order valence-electron chi connectivity index (χ1n) is 1.84. The summed E-state index contributed by atoms with van der Waals surface area (Å²) in [4.78, 5) is 19.9. The monoisotopic (exact) mass is 114 g/mol. The van der Waals surface area contributed by atoms with Crippen molar-refractivity contribution in [3.8, 4) is 0 Å². The van der Waals surface area contributed by atoms with Gasteiger partial charge in [-0.05, 0) is 0 Å². The third-order valence-corrected chi connectivity index (χ3v) is 0.595. The fourth-order valence-corrected chi connectivity index (χ4v) is 0.121. The number of amides is 2. The van der Waals surface area contributed by atoms with E-state index in [-0.39, 0.29) is 5.57 Å². The van der Waals surface area contributed by atoms with Crippen LogP contribution in [0.25, 0.3) is 0 Å². The third kappa shape index (κ3) is 1.42. The number of rotatable bonds is 2. The number of hydrogen-bond donors (Lipinski definition) is 2. The molecule has 0 spiro atoms. The van der Waals surface area contributed by atoms with Gasteiger partial charge in [-0.1, -0.05) is 6.58 Å². The van der Waals surface area contributed by atoms with E-state index in [9.17, 15) is 9.59 Å². The summed E-state index contributed by atoms with van der Waals surface area (Å²) < 4.78 is 0. The van der Waals surface area contributed by atoms with E-state index in [2.05, 4.69) is 18.0 Å². The molecular formula is C4H6N2O2. The van der Waals surface area contributed by atoms with Crippen molar-refractivity contribution >= 4 is 11.8 Å². The van der Waals surface area contributed by atoms with E-state index in [4.69, 9.17) is 0 Å². The van der Waals surface area contributed by atoms with Gasteiger partial charge in [0.05, 0.1) is 5.57 Å². The molecule has 0 saturated heterocycles. The number of carbonyl (C=O) groups is 2. The Hall–Kier alpha value is -1.32. The van der Waals surface area contributed by atoms with E-state index >= 15 is 0 Å². The molecular weight excluding hydrogens is 108 g/mol. The van der Waals surface area contributed by atoms with Crippen LogP contribution < -0.4 is 11.5 Å². The third-order valence-electron chi connectivity index (χ3n) is 0.595. The van der Waals surface area contributed by atoms with Gasteiger partial charge in [-0.25, -0.2) is 0 Å². The quantitative estimate of drug-likeness (QED) is 0.260. The highest BCUT2D eigenvalue weighted by Gasteiger charge is 2.05. The van der Waals surface area contributed by atoms with E-state index in [0.717, 1.165) is 0 Å². The molecule has 0 fully saturated rings. The van der Waals surface area contributed by atoms with Crippen LogP contribution in [0, 0.1) is 0 Å². The van der Waals surface area contributed by atoms with Gasteiger partial charge in [0.1, 0.15) is 0 Å². The Morgan fingerprint density at radius 3 is 1.38 bits per heavy atom. The molecule has 0 saturated carbocycles. The molecule has 0 aromatic carbocycles. The minimum absolute atomic E-state index is 0.370.